The average Bonchev–Trinajstić information content (AvgIpc) is 3.13. The summed E-state index contributed by atoms with van der Waals surface area (Å²) in [4.78, 5) is 30.0. The number of nitrogens with zero attached hydrogens (tertiary/aromatic N) is 1. The number of ether oxygens (including phenoxy) is 1. The van der Waals surface area contributed by atoms with Gasteiger partial charge in [-0.05, 0) is 12.1 Å². The van der Waals surface area contributed by atoms with Crippen molar-refractivity contribution in [1.82, 2.24) is 5.16 Å². The van der Waals surface area contributed by atoms with Crippen molar-refractivity contribution in [3.63, 3.8) is 0 Å². The van der Waals surface area contributed by atoms with Gasteiger partial charge < -0.3 is 13.8 Å². The molecule has 35 heavy (non-hydrogen) atoms. The van der Waals surface area contributed by atoms with Crippen LogP contribution in [0.15, 0.2) is 28.8 Å². The fourth-order valence-electron chi connectivity index (χ4n) is 4.91. The molecule has 2 aliphatic heterocycles. The Balaban J connectivity index is 0.00000216. The Morgan fingerprint density at radius 3 is 2.17 bits per heavy atom. The monoisotopic (exact) mass is 541 g/mol. The molecule has 0 bridgehead atoms. The number of rotatable bonds is 4. The zero-order valence-electron chi connectivity index (χ0n) is 18.4. The van der Waals surface area contributed by atoms with Crippen LogP contribution < -0.4 is 4.52 Å². The third-order valence-corrected chi connectivity index (χ3v) is 6.47. The molecule has 2 saturated heterocycles. The number of benzene rings is 1. The van der Waals surface area contributed by atoms with E-state index in [9.17, 15) is 27.5 Å². The molecule has 15 heteroatoms. The zero-order chi connectivity index (χ0) is 24.7. The number of alkyl halides is 3. The van der Waals surface area contributed by atoms with Gasteiger partial charge in [0.15, 0.2) is 5.60 Å². The summed E-state index contributed by atoms with van der Waals surface area (Å²) < 4.78 is 65.7. The molecule has 186 valence electrons. The molecule has 2 aliphatic rings. The predicted octanol–water partition coefficient (Wildman–Crippen LogP) is 3.49. The van der Waals surface area contributed by atoms with E-state index in [1.807, 2.05) is 34.6 Å². The van der Waals surface area contributed by atoms with Crippen molar-refractivity contribution in [3.8, 4) is 17.0 Å². The number of aromatic nitrogens is 1. The molecule has 9 nitrogen and oxygen atoms in total. The van der Waals surface area contributed by atoms with Crippen molar-refractivity contribution >= 4 is 66.9 Å². The van der Waals surface area contributed by atoms with Crippen LogP contribution in [-0.2, 0) is 31.0 Å². The Labute approximate surface area is 243 Å². The number of phosphoric ester groups is 1. The molecule has 2 N–H and O–H groups in total. The van der Waals surface area contributed by atoms with Crippen LogP contribution in [0.5, 0.6) is 5.75 Å². The van der Waals surface area contributed by atoms with Gasteiger partial charge in [-0.2, -0.15) is 18.1 Å². The van der Waals surface area contributed by atoms with Gasteiger partial charge in [0.05, 0.1) is 6.61 Å². The van der Waals surface area contributed by atoms with E-state index in [1.165, 1.54) is 18.2 Å². The Kier molecular flexibility index (Phi) is 8.63. The van der Waals surface area contributed by atoms with Crippen LogP contribution >= 0.6 is 7.82 Å². The molecular formula is C20H25F3NNa2O8P. The third-order valence-electron chi connectivity index (χ3n) is 6.04. The molecule has 2 unspecified atom stereocenters. The Morgan fingerprint density at radius 1 is 1.09 bits per heavy atom. The Morgan fingerprint density at radius 2 is 1.71 bits per heavy atom. The van der Waals surface area contributed by atoms with Gasteiger partial charge >= 0.3 is 73.1 Å². The van der Waals surface area contributed by atoms with Crippen LogP contribution in [0.1, 0.15) is 45.9 Å². The Bertz CT molecular complexity index is 1150. The van der Waals surface area contributed by atoms with Crippen LogP contribution in [0.4, 0.5) is 13.2 Å². The van der Waals surface area contributed by atoms with Crippen molar-refractivity contribution in [2.24, 2.45) is 10.8 Å². The molecule has 1 aromatic carbocycles. The van der Waals surface area contributed by atoms with E-state index >= 15 is 0 Å². The Hall–Kier alpha value is 0.0500. The van der Waals surface area contributed by atoms with E-state index in [1.54, 1.807) is 0 Å². The summed E-state index contributed by atoms with van der Waals surface area (Å²) >= 11 is 0. The minimum absolute atomic E-state index is 0. The van der Waals surface area contributed by atoms with Crippen molar-refractivity contribution in [2.75, 3.05) is 6.61 Å². The first-order valence-corrected chi connectivity index (χ1v) is 11.4. The van der Waals surface area contributed by atoms with E-state index in [4.69, 9.17) is 19.0 Å². The second-order valence-corrected chi connectivity index (χ2v) is 10.9. The van der Waals surface area contributed by atoms with Gasteiger partial charge in [0, 0.05) is 28.0 Å². The molecule has 0 spiro atoms. The standard InChI is InChI=1S/C20H23F3NO8P.2Na.2H/c1-16(2,3)20-17(4,5)10-28-18(20,31-32-20)11-6-7-12(14(8-11)30-33(25,26)27)13-9-15(29-24-13)19(21,22)23;;;;/h6-9H,10H2,1-5H3,(H2,25,26,27);;;;. The fourth-order valence-corrected chi connectivity index (χ4v) is 5.32. The maximum absolute atomic E-state index is 12.9. The third kappa shape index (κ3) is 4.95. The first kappa shape index (κ1) is 31.3. The normalized spacial score (nSPS) is 25.7. The summed E-state index contributed by atoms with van der Waals surface area (Å²) in [6.45, 7) is 9.96. The predicted molar refractivity (Wildman–Crippen MR) is 120 cm³/mol. The molecule has 1 aromatic heterocycles. The van der Waals surface area contributed by atoms with Gasteiger partial charge in [-0.15, -0.1) is 0 Å². The van der Waals surface area contributed by atoms with Crippen molar-refractivity contribution in [2.45, 2.75) is 52.2 Å². The zero-order valence-corrected chi connectivity index (χ0v) is 19.3. The van der Waals surface area contributed by atoms with Gasteiger partial charge in [-0.1, -0.05) is 45.8 Å². The van der Waals surface area contributed by atoms with Crippen molar-refractivity contribution in [1.29, 1.82) is 0 Å². The average molecular weight is 541 g/mol. The fraction of sp³-hybridized carbons (Fsp3) is 0.550. The summed E-state index contributed by atoms with van der Waals surface area (Å²) in [5, 5.41) is 3.38. The second-order valence-electron chi connectivity index (χ2n) is 9.75. The summed E-state index contributed by atoms with van der Waals surface area (Å²) in [5.74, 6) is -3.24. The molecule has 0 amide bonds. The summed E-state index contributed by atoms with van der Waals surface area (Å²) in [7, 11) is -5.10. The van der Waals surface area contributed by atoms with E-state index in [2.05, 4.69) is 9.68 Å². The van der Waals surface area contributed by atoms with E-state index < -0.39 is 47.7 Å². The molecule has 2 fully saturated rings. The van der Waals surface area contributed by atoms with Crippen LogP contribution in [0.2, 0.25) is 0 Å². The molecule has 0 radical (unpaired) electrons. The number of hydrogen-bond donors (Lipinski definition) is 2. The molecule has 4 rings (SSSR count). The SMILES string of the molecule is CC(C)(C)C12OOC1(c1ccc(-c3cc(C(F)(F)F)on3)c(OP(=O)(O)O)c1)OCC2(C)C.[NaH].[NaH]. The molecule has 2 aromatic rings. The summed E-state index contributed by atoms with van der Waals surface area (Å²) in [5.41, 5.74) is -2.18. The van der Waals surface area contributed by atoms with Crippen LogP contribution in [0.3, 0.4) is 0 Å². The molecule has 2 atom stereocenters. The topological polar surface area (TPSA) is 120 Å². The maximum atomic E-state index is 12.9. The molecule has 0 saturated carbocycles. The van der Waals surface area contributed by atoms with Crippen LogP contribution in [0, 0.1) is 10.8 Å². The van der Waals surface area contributed by atoms with Gasteiger partial charge in [-0.25, -0.2) is 9.45 Å². The van der Waals surface area contributed by atoms with Crippen LogP contribution in [0.25, 0.3) is 11.3 Å². The van der Waals surface area contributed by atoms with Gasteiger partial charge in [0.2, 0.25) is 5.76 Å². The first-order valence-electron chi connectivity index (χ1n) is 9.88. The second kappa shape index (κ2) is 9.66. The number of fused-ring (bicyclic) bond motifs is 1. The quantitative estimate of drug-likeness (QED) is 0.341. The van der Waals surface area contributed by atoms with Crippen molar-refractivity contribution < 1.29 is 51.1 Å². The van der Waals surface area contributed by atoms with Gasteiger partial charge in [0.25, 0.3) is 5.79 Å². The first-order chi connectivity index (χ1) is 14.9. The summed E-state index contributed by atoms with van der Waals surface area (Å²) in [6.07, 6.45) is -4.79. The minimum atomic E-state index is -5.10. The molecule has 3 heterocycles. The molecule has 0 aliphatic carbocycles. The number of hydrogen-bond acceptors (Lipinski definition) is 7. The van der Waals surface area contributed by atoms with E-state index in [0.29, 0.717) is 11.6 Å². The van der Waals surface area contributed by atoms with E-state index in [-0.39, 0.29) is 77.0 Å². The van der Waals surface area contributed by atoms with Crippen molar-refractivity contribution in [3.05, 3.63) is 35.6 Å². The number of phosphoric acid groups is 1. The molecular weight excluding hydrogens is 516 g/mol. The number of halogens is 3. The van der Waals surface area contributed by atoms with Gasteiger partial charge in [0.1, 0.15) is 11.4 Å². The van der Waals surface area contributed by atoms with Crippen LogP contribution in [-0.4, -0.2) is 86.3 Å². The van der Waals surface area contributed by atoms with E-state index in [0.717, 1.165) is 0 Å². The van der Waals surface area contributed by atoms with Gasteiger partial charge in [-0.3, -0.25) is 9.79 Å². The summed E-state index contributed by atoms with van der Waals surface area (Å²) in [6, 6.07) is 4.64.